The number of nitrogens with zero attached hydrogens (tertiary/aromatic N) is 2. The molecule has 0 aliphatic rings. The molecule has 0 saturated carbocycles. The Bertz CT molecular complexity index is 884. The second kappa shape index (κ2) is 7.13. The van der Waals surface area contributed by atoms with Crippen molar-refractivity contribution >= 4 is 23.1 Å². The van der Waals surface area contributed by atoms with Gasteiger partial charge in [0.1, 0.15) is 17.8 Å². The van der Waals surface area contributed by atoms with Crippen LogP contribution in [0.2, 0.25) is 0 Å². The topological polar surface area (TPSA) is 66.9 Å². The van der Waals surface area contributed by atoms with E-state index in [2.05, 4.69) is 39.7 Å². The minimum atomic E-state index is -0.269. The van der Waals surface area contributed by atoms with Crippen molar-refractivity contribution in [2.45, 2.75) is 20.8 Å². The van der Waals surface area contributed by atoms with Gasteiger partial charge in [-0.05, 0) is 44.0 Å². The first kappa shape index (κ1) is 16.6. The van der Waals surface area contributed by atoms with Crippen LogP contribution in [0.5, 0.6) is 0 Å². The Hall–Kier alpha value is -3.21. The molecule has 0 unspecified atom stereocenters. The van der Waals surface area contributed by atoms with E-state index in [1.54, 1.807) is 6.07 Å². The highest BCUT2D eigenvalue weighted by Crippen LogP contribution is 2.25. The minimum absolute atomic E-state index is 0.269. The Balaban J connectivity index is 1.81. The van der Waals surface area contributed by atoms with Gasteiger partial charge in [0, 0.05) is 17.4 Å². The molecule has 126 valence electrons. The van der Waals surface area contributed by atoms with Gasteiger partial charge in [-0.25, -0.2) is 9.97 Å². The Morgan fingerprint density at radius 3 is 2.28 bits per heavy atom. The first-order valence-electron chi connectivity index (χ1n) is 8.06. The predicted molar refractivity (Wildman–Crippen MR) is 100 cm³/mol. The summed E-state index contributed by atoms with van der Waals surface area (Å²) in [6, 6.07) is 15.2. The molecule has 0 bridgehead atoms. The molecular weight excluding hydrogens is 312 g/mol. The van der Waals surface area contributed by atoms with Gasteiger partial charge in [-0.2, -0.15) is 0 Å². The standard InChI is InChI=1S/C20H20N4O/c1-13-9-14(2)19(15(3)10-13)24-18-11-17(21-12-22-18)20(25)23-16-7-5-4-6-8-16/h4-12H,1-3H3,(H,23,25)(H,21,22,24). The fourth-order valence-corrected chi connectivity index (χ4v) is 2.77. The lowest BCUT2D eigenvalue weighted by Gasteiger charge is -2.13. The number of hydrogen-bond donors (Lipinski definition) is 2. The van der Waals surface area contributed by atoms with Crippen molar-refractivity contribution in [1.29, 1.82) is 0 Å². The molecule has 25 heavy (non-hydrogen) atoms. The molecule has 0 aliphatic carbocycles. The van der Waals surface area contributed by atoms with E-state index in [0.717, 1.165) is 22.5 Å². The average molecular weight is 332 g/mol. The van der Waals surface area contributed by atoms with Crippen LogP contribution in [0.15, 0.2) is 54.9 Å². The summed E-state index contributed by atoms with van der Waals surface area (Å²) in [7, 11) is 0. The van der Waals surface area contributed by atoms with Gasteiger partial charge in [-0.3, -0.25) is 4.79 Å². The fraction of sp³-hybridized carbons (Fsp3) is 0.150. The van der Waals surface area contributed by atoms with E-state index >= 15 is 0 Å². The van der Waals surface area contributed by atoms with Crippen molar-refractivity contribution in [3.8, 4) is 0 Å². The predicted octanol–water partition coefficient (Wildman–Crippen LogP) is 4.40. The maximum atomic E-state index is 12.4. The normalized spacial score (nSPS) is 10.4. The minimum Gasteiger partial charge on any atom is -0.340 e. The number of hydrogen-bond acceptors (Lipinski definition) is 4. The summed E-state index contributed by atoms with van der Waals surface area (Å²) < 4.78 is 0. The van der Waals surface area contributed by atoms with Gasteiger partial charge < -0.3 is 10.6 Å². The number of anilines is 3. The van der Waals surface area contributed by atoms with E-state index in [4.69, 9.17) is 0 Å². The molecular formula is C20H20N4O. The van der Waals surface area contributed by atoms with Crippen LogP contribution in [0.1, 0.15) is 27.2 Å². The second-order valence-electron chi connectivity index (χ2n) is 6.01. The molecule has 5 heteroatoms. The number of carbonyl (C=O) groups excluding carboxylic acids is 1. The van der Waals surface area contributed by atoms with Crippen LogP contribution in [0, 0.1) is 20.8 Å². The van der Waals surface area contributed by atoms with Gasteiger partial charge in [0.05, 0.1) is 0 Å². The number of rotatable bonds is 4. The zero-order valence-electron chi connectivity index (χ0n) is 14.5. The zero-order valence-corrected chi connectivity index (χ0v) is 14.5. The summed E-state index contributed by atoms with van der Waals surface area (Å²) in [6.45, 7) is 6.17. The molecule has 2 N–H and O–H groups in total. The maximum Gasteiger partial charge on any atom is 0.274 e. The molecule has 5 nitrogen and oxygen atoms in total. The third-order valence-corrected chi connectivity index (χ3v) is 3.86. The lowest BCUT2D eigenvalue weighted by atomic mass is 10.1. The number of amides is 1. The zero-order chi connectivity index (χ0) is 17.8. The van der Waals surface area contributed by atoms with Gasteiger partial charge in [0.2, 0.25) is 0 Å². The summed E-state index contributed by atoms with van der Waals surface area (Å²) in [5.41, 5.74) is 5.51. The number of nitrogens with one attached hydrogen (secondary N) is 2. The van der Waals surface area contributed by atoms with Crippen molar-refractivity contribution in [1.82, 2.24) is 9.97 Å². The first-order valence-corrected chi connectivity index (χ1v) is 8.06. The molecule has 0 atom stereocenters. The SMILES string of the molecule is Cc1cc(C)c(Nc2cc(C(=O)Nc3ccccc3)ncn2)c(C)c1. The van der Waals surface area contributed by atoms with Crippen LogP contribution >= 0.6 is 0 Å². The van der Waals surface area contributed by atoms with Crippen LogP contribution in [-0.4, -0.2) is 15.9 Å². The Kier molecular flexibility index (Phi) is 4.75. The van der Waals surface area contributed by atoms with E-state index in [1.807, 2.05) is 44.2 Å². The molecule has 3 rings (SSSR count). The number of carbonyl (C=O) groups is 1. The number of aryl methyl sites for hydroxylation is 3. The largest absolute Gasteiger partial charge is 0.340 e. The van der Waals surface area contributed by atoms with Gasteiger partial charge in [0.15, 0.2) is 0 Å². The van der Waals surface area contributed by atoms with Gasteiger partial charge in [-0.1, -0.05) is 35.9 Å². The highest BCUT2D eigenvalue weighted by atomic mass is 16.1. The molecule has 0 spiro atoms. The third-order valence-electron chi connectivity index (χ3n) is 3.86. The van der Waals surface area contributed by atoms with E-state index in [1.165, 1.54) is 11.9 Å². The van der Waals surface area contributed by atoms with Crippen molar-refractivity contribution in [2.24, 2.45) is 0 Å². The van der Waals surface area contributed by atoms with Gasteiger partial charge >= 0.3 is 0 Å². The van der Waals surface area contributed by atoms with Gasteiger partial charge in [0.25, 0.3) is 5.91 Å². The summed E-state index contributed by atoms with van der Waals surface area (Å²) in [6.07, 6.45) is 1.39. The van der Waals surface area contributed by atoms with Gasteiger partial charge in [-0.15, -0.1) is 0 Å². The van der Waals surface area contributed by atoms with Crippen LogP contribution in [0.25, 0.3) is 0 Å². The molecule has 0 radical (unpaired) electrons. The summed E-state index contributed by atoms with van der Waals surface area (Å²) in [4.78, 5) is 20.7. The first-order chi connectivity index (χ1) is 12.0. The van der Waals surface area contributed by atoms with E-state index in [9.17, 15) is 4.79 Å². The average Bonchev–Trinajstić information content (AvgIpc) is 2.59. The Morgan fingerprint density at radius 1 is 0.920 bits per heavy atom. The highest BCUT2D eigenvalue weighted by Gasteiger charge is 2.11. The van der Waals surface area contributed by atoms with Crippen LogP contribution in [-0.2, 0) is 0 Å². The van der Waals surface area contributed by atoms with E-state index in [-0.39, 0.29) is 5.91 Å². The third kappa shape index (κ3) is 4.01. The molecule has 2 aromatic carbocycles. The van der Waals surface area contributed by atoms with Crippen molar-refractivity contribution in [3.63, 3.8) is 0 Å². The molecule has 0 saturated heterocycles. The lowest BCUT2D eigenvalue weighted by Crippen LogP contribution is -2.14. The Morgan fingerprint density at radius 2 is 1.60 bits per heavy atom. The smallest absolute Gasteiger partial charge is 0.274 e. The Labute approximate surface area is 147 Å². The van der Waals surface area contributed by atoms with Crippen molar-refractivity contribution in [3.05, 3.63) is 77.2 Å². The van der Waals surface area contributed by atoms with Crippen molar-refractivity contribution in [2.75, 3.05) is 10.6 Å². The summed E-state index contributed by atoms with van der Waals surface area (Å²) in [5, 5.41) is 6.12. The highest BCUT2D eigenvalue weighted by molar-refractivity contribution is 6.03. The number of benzene rings is 2. The van der Waals surface area contributed by atoms with Crippen molar-refractivity contribution < 1.29 is 4.79 Å². The molecule has 1 heterocycles. The number of para-hydroxylation sites is 1. The van der Waals surface area contributed by atoms with Crippen LogP contribution in [0.4, 0.5) is 17.2 Å². The molecule has 3 aromatic rings. The maximum absolute atomic E-state index is 12.4. The summed E-state index contributed by atoms with van der Waals surface area (Å²) >= 11 is 0. The van der Waals surface area contributed by atoms with E-state index in [0.29, 0.717) is 11.5 Å². The van der Waals surface area contributed by atoms with Crippen LogP contribution < -0.4 is 10.6 Å². The summed E-state index contributed by atoms with van der Waals surface area (Å²) in [5.74, 6) is 0.317. The fourth-order valence-electron chi connectivity index (χ4n) is 2.77. The van der Waals surface area contributed by atoms with Crippen LogP contribution in [0.3, 0.4) is 0 Å². The van der Waals surface area contributed by atoms with E-state index < -0.39 is 0 Å². The number of aromatic nitrogens is 2. The molecule has 1 amide bonds. The molecule has 1 aromatic heterocycles. The second-order valence-corrected chi connectivity index (χ2v) is 6.01. The molecule has 0 fully saturated rings. The quantitative estimate of drug-likeness (QED) is 0.743. The lowest BCUT2D eigenvalue weighted by molar-refractivity contribution is 0.102. The molecule has 0 aliphatic heterocycles. The monoisotopic (exact) mass is 332 g/mol.